The smallest absolute Gasteiger partial charge is 0.356 e. The fourth-order valence-electron chi connectivity index (χ4n) is 1.59. The van der Waals surface area contributed by atoms with Crippen molar-refractivity contribution in [1.82, 2.24) is 4.98 Å². The van der Waals surface area contributed by atoms with Crippen LogP contribution in [0.25, 0.3) is 0 Å². The Bertz CT molecular complexity index is 421. The number of thioether (sulfide) groups is 1. The number of aromatic nitrogens is 1. The first-order valence-electron chi connectivity index (χ1n) is 5.17. The summed E-state index contributed by atoms with van der Waals surface area (Å²) in [5, 5.41) is 12.7. The minimum Gasteiger partial charge on any atom is -0.476 e. The number of rotatable bonds is 4. The van der Waals surface area contributed by atoms with Crippen LogP contribution in [0.2, 0.25) is 0 Å². The highest BCUT2D eigenvalue weighted by molar-refractivity contribution is 7.99. The van der Waals surface area contributed by atoms with E-state index in [0.717, 1.165) is 29.3 Å². The molecule has 2 N–H and O–H groups in total. The molecule has 2 heterocycles. The predicted octanol–water partition coefficient (Wildman–Crippen LogP) is 1.96. The molecule has 0 bridgehead atoms. The lowest BCUT2D eigenvalue weighted by molar-refractivity contribution is 0.0687. The number of carboxylic acid groups (broad SMARTS) is 1. The molecule has 5 nitrogen and oxygen atoms in total. The van der Waals surface area contributed by atoms with E-state index in [2.05, 4.69) is 10.3 Å². The number of anilines is 1. The number of ketones is 1. The van der Waals surface area contributed by atoms with Crippen LogP contribution in [0.5, 0.6) is 0 Å². The van der Waals surface area contributed by atoms with E-state index in [9.17, 15) is 9.59 Å². The van der Waals surface area contributed by atoms with E-state index in [1.54, 1.807) is 0 Å². The number of carbonyl (C=O) groups is 2. The number of nitrogens with zero attached hydrogens (tertiary/aromatic N) is 1. The van der Waals surface area contributed by atoms with Crippen molar-refractivity contribution in [1.29, 1.82) is 0 Å². The van der Waals surface area contributed by atoms with Crippen molar-refractivity contribution in [3.05, 3.63) is 10.6 Å². The van der Waals surface area contributed by atoms with Crippen molar-refractivity contribution in [2.24, 2.45) is 0 Å². The summed E-state index contributed by atoms with van der Waals surface area (Å²) in [5.41, 5.74) is -0.143. The van der Waals surface area contributed by atoms with Crippen LogP contribution in [0.1, 0.15) is 33.5 Å². The van der Waals surface area contributed by atoms with Crippen LogP contribution in [0, 0.1) is 0 Å². The molecular formula is C10H12N2O3S2. The van der Waals surface area contributed by atoms with E-state index in [1.807, 2.05) is 11.8 Å². The Balaban J connectivity index is 2.20. The quantitative estimate of drug-likeness (QED) is 0.816. The van der Waals surface area contributed by atoms with E-state index in [4.69, 9.17) is 5.11 Å². The standard InChI is InChI=1S/C10H12N2O3S2/c1-5(13)8-7(9(14)15)12-10(17-8)11-6-2-3-16-4-6/h6H,2-4H2,1H3,(H,11,12)(H,14,15). The molecule has 0 radical (unpaired) electrons. The fourth-order valence-corrected chi connectivity index (χ4v) is 3.67. The third kappa shape index (κ3) is 2.78. The van der Waals surface area contributed by atoms with E-state index in [1.165, 1.54) is 6.92 Å². The Morgan fingerprint density at radius 1 is 1.53 bits per heavy atom. The maximum absolute atomic E-state index is 11.3. The largest absolute Gasteiger partial charge is 0.476 e. The van der Waals surface area contributed by atoms with Gasteiger partial charge in [0, 0.05) is 18.7 Å². The molecule has 92 valence electrons. The Morgan fingerprint density at radius 3 is 2.76 bits per heavy atom. The van der Waals surface area contributed by atoms with Gasteiger partial charge in [-0.25, -0.2) is 9.78 Å². The third-order valence-corrected chi connectivity index (χ3v) is 4.66. The molecule has 1 aliphatic heterocycles. The molecule has 7 heteroatoms. The van der Waals surface area contributed by atoms with Crippen LogP contribution in [-0.4, -0.2) is 39.4 Å². The molecule has 1 fully saturated rings. The van der Waals surface area contributed by atoms with Gasteiger partial charge in [-0.15, -0.1) is 0 Å². The highest BCUT2D eigenvalue weighted by Crippen LogP contribution is 2.27. The number of hydrogen-bond acceptors (Lipinski definition) is 6. The molecule has 0 amide bonds. The SMILES string of the molecule is CC(=O)c1sc(NC2CCSC2)nc1C(=O)O. The topological polar surface area (TPSA) is 79.3 Å². The summed E-state index contributed by atoms with van der Waals surface area (Å²) in [6, 6.07) is 0.326. The Kier molecular flexibility index (Phi) is 3.68. The maximum atomic E-state index is 11.3. The first-order valence-corrected chi connectivity index (χ1v) is 7.14. The normalized spacial score (nSPS) is 19.2. The number of hydrogen-bond donors (Lipinski definition) is 2. The second-order valence-corrected chi connectivity index (χ2v) is 5.91. The van der Waals surface area contributed by atoms with Gasteiger partial charge in [0.15, 0.2) is 16.6 Å². The Morgan fingerprint density at radius 2 is 2.29 bits per heavy atom. The van der Waals surface area contributed by atoms with Gasteiger partial charge >= 0.3 is 5.97 Å². The van der Waals surface area contributed by atoms with Crippen LogP contribution < -0.4 is 5.32 Å². The summed E-state index contributed by atoms with van der Waals surface area (Å²) in [5.74, 6) is 0.695. The van der Waals surface area contributed by atoms with Crippen molar-refractivity contribution < 1.29 is 14.7 Å². The molecule has 1 aromatic heterocycles. The van der Waals surface area contributed by atoms with Crippen molar-refractivity contribution in [3.63, 3.8) is 0 Å². The summed E-state index contributed by atoms with van der Waals surface area (Å²) in [7, 11) is 0. The van der Waals surface area contributed by atoms with Crippen molar-refractivity contribution in [2.75, 3.05) is 16.8 Å². The van der Waals surface area contributed by atoms with Crippen LogP contribution in [0.4, 0.5) is 5.13 Å². The van der Waals surface area contributed by atoms with Gasteiger partial charge in [0.1, 0.15) is 4.88 Å². The number of carbonyl (C=O) groups excluding carboxylic acids is 1. The average Bonchev–Trinajstić information content (AvgIpc) is 2.86. The minimum atomic E-state index is -1.15. The fraction of sp³-hybridized carbons (Fsp3) is 0.500. The van der Waals surface area contributed by atoms with E-state index in [0.29, 0.717) is 11.2 Å². The molecule has 1 unspecified atom stereocenters. The lowest BCUT2D eigenvalue weighted by Gasteiger charge is -2.08. The number of Topliss-reactive ketones (excluding diaryl/α,β-unsaturated/α-hetero) is 1. The second-order valence-electron chi connectivity index (χ2n) is 3.76. The molecule has 17 heavy (non-hydrogen) atoms. The third-order valence-electron chi connectivity index (χ3n) is 2.41. The van der Waals surface area contributed by atoms with Gasteiger partial charge in [-0.2, -0.15) is 11.8 Å². The van der Waals surface area contributed by atoms with Gasteiger partial charge < -0.3 is 10.4 Å². The molecule has 1 aromatic rings. The number of thiazole rings is 1. The zero-order chi connectivity index (χ0) is 12.4. The number of carboxylic acids is 1. The van der Waals surface area contributed by atoms with Crippen molar-refractivity contribution in [3.8, 4) is 0 Å². The molecule has 0 spiro atoms. The minimum absolute atomic E-state index is 0.143. The van der Waals surface area contributed by atoms with Crippen LogP contribution in [0.3, 0.4) is 0 Å². The van der Waals surface area contributed by atoms with Gasteiger partial charge in [0.2, 0.25) is 0 Å². The first kappa shape index (κ1) is 12.4. The van der Waals surface area contributed by atoms with E-state index >= 15 is 0 Å². The summed E-state index contributed by atoms with van der Waals surface area (Å²) >= 11 is 2.98. The highest BCUT2D eigenvalue weighted by atomic mass is 32.2. The number of aromatic carboxylic acids is 1. The monoisotopic (exact) mass is 272 g/mol. The van der Waals surface area contributed by atoms with Crippen LogP contribution in [0.15, 0.2) is 0 Å². The van der Waals surface area contributed by atoms with Gasteiger partial charge in [-0.05, 0) is 12.2 Å². The zero-order valence-electron chi connectivity index (χ0n) is 9.23. The summed E-state index contributed by atoms with van der Waals surface area (Å²) < 4.78 is 0. The predicted molar refractivity (Wildman–Crippen MR) is 68.4 cm³/mol. The summed E-state index contributed by atoms with van der Waals surface area (Å²) in [6.45, 7) is 1.36. The van der Waals surface area contributed by atoms with E-state index < -0.39 is 5.97 Å². The number of nitrogens with one attached hydrogen (secondary N) is 1. The van der Waals surface area contributed by atoms with Crippen LogP contribution >= 0.6 is 23.1 Å². The highest BCUT2D eigenvalue weighted by Gasteiger charge is 2.23. The lowest BCUT2D eigenvalue weighted by atomic mass is 10.3. The summed E-state index contributed by atoms with van der Waals surface area (Å²) in [4.78, 5) is 26.4. The molecule has 1 aliphatic rings. The van der Waals surface area contributed by atoms with Crippen molar-refractivity contribution in [2.45, 2.75) is 19.4 Å². The Hall–Kier alpha value is -1.08. The molecule has 1 atom stereocenters. The average molecular weight is 272 g/mol. The first-order chi connectivity index (χ1) is 8.08. The maximum Gasteiger partial charge on any atom is 0.356 e. The molecule has 1 saturated heterocycles. The van der Waals surface area contributed by atoms with E-state index in [-0.39, 0.29) is 16.4 Å². The van der Waals surface area contributed by atoms with Gasteiger partial charge in [-0.1, -0.05) is 11.3 Å². The lowest BCUT2D eigenvalue weighted by Crippen LogP contribution is -2.17. The molecular weight excluding hydrogens is 260 g/mol. The second kappa shape index (κ2) is 5.05. The van der Waals surface area contributed by atoms with Gasteiger partial charge in [0.05, 0.1) is 0 Å². The van der Waals surface area contributed by atoms with Crippen LogP contribution in [-0.2, 0) is 0 Å². The zero-order valence-corrected chi connectivity index (χ0v) is 10.9. The molecule has 0 saturated carbocycles. The van der Waals surface area contributed by atoms with Gasteiger partial charge in [-0.3, -0.25) is 4.79 Å². The van der Waals surface area contributed by atoms with Crippen molar-refractivity contribution >= 4 is 40.0 Å². The Labute approximate surface area is 107 Å². The van der Waals surface area contributed by atoms with Gasteiger partial charge in [0.25, 0.3) is 0 Å². The molecule has 0 aromatic carbocycles. The molecule has 0 aliphatic carbocycles. The summed E-state index contributed by atoms with van der Waals surface area (Å²) in [6.07, 6.45) is 1.04. The molecule has 2 rings (SSSR count).